The summed E-state index contributed by atoms with van der Waals surface area (Å²) in [4.78, 5) is 14.1. The van der Waals surface area contributed by atoms with E-state index in [9.17, 15) is 15.0 Å². The highest BCUT2D eigenvalue weighted by Crippen LogP contribution is 2.28. The van der Waals surface area contributed by atoms with E-state index in [0.29, 0.717) is 33.2 Å². The monoisotopic (exact) mass is 531 g/mol. The van der Waals surface area contributed by atoms with Gasteiger partial charge >= 0.3 is 4.87 Å². The van der Waals surface area contributed by atoms with Crippen molar-refractivity contribution in [1.82, 2.24) is 15.6 Å². The second-order valence-corrected chi connectivity index (χ2v) is 10.1. The number of aromatic amines is 1. The lowest BCUT2D eigenvalue weighted by atomic mass is 10.1. The van der Waals surface area contributed by atoms with Gasteiger partial charge < -0.3 is 20.5 Å². The molecule has 9 heteroatoms. The van der Waals surface area contributed by atoms with Crippen LogP contribution in [0.2, 0.25) is 10.0 Å². The predicted octanol–water partition coefficient (Wildman–Crippen LogP) is 4.63. The fourth-order valence-electron chi connectivity index (χ4n) is 3.94. The molecule has 0 aliphatic carbocycles. The van der Waals surface area contributed by atoms with Crippen molar-refractivity contribution >= 4 is 44.8 Å². The first-order valence-electron chi connectivity index (χ1n) is 11.4. The van der Waals surface area contributed by atoms with Crippen molar-refractivity contribution in [3.63, 3.8) is 0 Å². The second kappa shape index (κ2) is 12.0. The van der Waals surface area contributed by atoms with E-state index in [-0.39, 0.29) is 10.6 Å². The Morgan fingerprint density at radius 2 is 1.66 bits per heavy atom. The van der Waals surface area contributed by atoms with Crippen molar-refractivity contribution in [2.45, 2.75) is 32.0 Å². The van der Waals surface area contributed by atoms with Crippen LogP contribution in [0.3, 0.4) is 0 Å². The molecular weight excluding hydrogens is 505 g/mol. The maximum absolute atomic E-state index is 11.6. The van der Waals surface area contributed by atoms with Gasteiger partial charge in [-0.1, -0.05) is 70.9 Å². The molecule has 35 heavy (non-hydrogen) atoms. The van der Waals surface area contributed by atoms with E-state index in [1.165, 1.54) is 17.2 Å². The van der Waals surface area contributed by atoms with Crippen LogP contribution in [0.5, 0.6) is 5.75 Å². The highest BCUT2D eigenvalue weighted by atomic mass is 35.5. The Bertz CT molecular complexity index is 1320. The molecule has 4 aromatic rings. The minimum Gasteiger partial charge on any atom is -0.506 e. The summed E-state index contributed by atoms with van der Waals surface area (Å²) in [7, 11) is 0. The van der Waals surface area contributed by atoms with Gasteiger partial charge in [0.15, 0.2) is 0 Å². The Hall–Kier alpha value is -2.39. The predicted molar refractivity (Wildman–Crippen MR) is 144 cm³/mol. The highest BCUT2D eigenvalue weighted by molar-refractivity contribution is 7.16. The maximum atomic E-state index is 11.6. The summed E-state index contributed by atoms with van der Waals surface area (Å²) in [6, 6.07) is 17.2. The van der Waals surface area contributed by atoms with Gasteiger partial charge in [-0.3, -0.25) is 10.1 Å². The first-order chi connectivity index (χ1) is 16.9. The number of aliphatic hydroxyl groups excluding tert-OH is 1. The third-order valence-electron chi connectivity index (χ3n) is 5.81. The summed E-state index contributed by atoms with van der Waals surface area (Å²) in [5.74, 6) is 0.0354. The van der Waals surface area contributed by atoms with Crippen molar-refractivity contribution in [1.29, 1.82) is 0 Å². The van der Waals surface area contributed by atoms with Crippen LogP contribution >= 0.6 is 34.5 Å². The van der Waals surface area contributed by atoms with Crippen LogP contribution in [0.1, 0.15) is 22.3 Å². The van der Waals surface area contributed by atoms with Crippen LogP contribution in [-0.4, -0.2) is 34.5 Å². The average Bonchev–Trinajstić information content (AvgIpc) is 3.24. The van der Waals surface area contributed by atoms with Crippen LogP contribution in [0.4, 0.5) is 0 Å². The lowest BCUT2D eigenvalue weighted by molar-refractivity contribution is 0.139. The van der Waals surface area contributed by atoms with Gasteiger partial charge in [0.25, 0.3) is 0 Å². The van der Waals surface area contributed by atoms with Crippen molar-refractivity contribution < 1.29 is 10.2 Å². The molecule has 6 nitrogen and oxygen atoms in total. The number of aromatic nitrogens is 1. The van der Waals surface area contributed by atoms with Crippen molar-refractivity contribution in [3.05, 3.63) is 96.6 Å². The molecule has 0 saturated carbocycles. The van der Waals surface area contributed by atoms with Gasteiger partial charge in [0.2, 0.25) is 0 Å². The molecule has 0 amide bonds. The first kappa shape index (κ1) is 25.7. The molecule has 1 aromatic heterocycles. The summed E-state index contributed by atoms with van der Waals surface area (Å²) in [5, 5.41) is 28.3. The van der Waals surface area contributed by atoms with E-state index in [1.54, 1.807) is 6.07 Å². The van der Waals surface area contributed by atoms with Crippen molar-refractivity contribution in [2.75, 3.05) is 13.1 Å². The number of phenolic OH excluding ortho intramolecular Hbond substituents is 1. The summed E-state index contributed by atoms with van der Waals surface area (Å²) in [6.07, 6.45) is 1.13. The summed E-state index contributed by atoms with van der Waals surface area (Å²) in [5.41, 5.74) is 4.56. The number of hydrogen-bond acceptors (Lipinski definition) is 6. The Morgan fingerprint density at radius 3 is 2.40 bits per heavy atom. The molecule has 1 atom stereocenters. The third kappa shape index (κ3) is 6.85. The molecule has 0 fully saturated rings. The molecule has 3 aromatic carbocycles. The van der Waals surface area contributed by atoms with E-state index in [4.69, 9.17) is 23.2 Å². The zero-order valence-electron chi connectivity index (χ0n) is 19.0. The first-order valence-corrected chi connectivity index (χ1v) is 12.9. The van der Waals surface area contributed by atoms with Crippen molar-refractivity contribution in [2.24, 2.45) is 0 Å². The normalized spacial score (nSPS) is 12.3. The van der Waals surface area contributed by atoms with Gasteiger partial charge in [-0.2, -0.15) is 0 Å². The smallest absolute Gasteiger partial charge is 0.305 e. The van der Waals surface area contributed by atoms with Gasteiger partial charge in [0.1, 0.15) is 17.5 Å². The molecule has 184 valence electrons. The van der Waals surface area contributed by atoms with E-state index >= 15 is 0 Å². The summed E-state index contributed by atoms with van der Waals surface area (Å²) >= 11 is 13.5. The number of halogens is 2. The number of aromatic hydroxyl groups is 1. The fourth-order valence-corrected chi connectivity index (χ4v) is 5.40. The molecule has 1 heterocycles. The Morgan fingerprint density at radius 1 is 0.943 bits per heavy atom. The van der Waals surface area contributed by atoms with Crippen LogP contribution in [0.15, 0.2) is 59.4 Å². The molecule has 0 bridgehead atoms. The Labute approximate surface area is 217 Å². The number of hydrogen-bond donors (Lipinski definition) is 5. The number of fused-ring (bicyclic) bond motifs is 1. The summed E-state index contributed by atoms with van der Waals surface area (Å²) in [6.45, 7) is 2.15. The minimum atomic E-state index is -0.755. The van der Waals surface area contributed by atoms with Gasteiger partial charge in [-0.05, 0) is 59.8 Å². The topological polar surface area (TPSA) is 97.4 Å². The second-order valence-electron chi connectivity index (χ2n) is 8.33. The highest BCUT2D eigenvalue weighted by Gasteiger charge is 2.13. The zero-order chi connectivity index (χ0) is 24.8. The van der Waals surface area contributed by atoms with Crippen LogP contribution in [-0.2, 0) is 25.8 Å². The molecule has 0 spiro atoms. The SMILES string of the molecule is O=c1[nH]c2c(O)ccc(CC(O)NCCc3ccc(CNCCc4c(Cl)cccc4Cl)cc3)c2s1. The van der Waals surface area contributed by atoms with E-state index in [1.807, 2.05) is 18.2 Å². The van der Waals surface area contributed by atoms with Gasteiger partial charge in [0, 0.05) is 29.6 Å². The molecule has 5 N–H and O–H groups in total. The average molecular weight is 532 g/mol. The number of benzene rings is 3. The quantitative estimate of drug-likeness (QED) is 0.143. The number of nitrogens with one attached hydrogen (secondary N) is 3. The van der Waals surface area contributed by atoms with Crippen molar-refractivity contribution in [3.8, 4) is 5.75 Å². The van der Waals surface area contributed by atoms with Gasteiger partial charge in [0.05, 0.1) is 4.70 Å². The molecule has 1 unspecified atom stereocenters. The summed E-state index contributed by atoms with van der Waals surface area (Å²) < 4.78 is 0.676. The molecule has 0 aliphatic heterocycles. The lowest BCUT2D eigenvalue weighted by Gasteiger charge is -2.14. The van der Waals surface area contributed by atoms with Crippen LogP contribution in [0.25, 0.3) is 10.2 Å². The van der Waals surface area contributed by atoms with Crippen LogP contribution < -0.4 is 15.5 Å². The molecule has 0 radical (unpaired) electrons. The maximum Gasteiger partial charge on any atom is 0.305 e. The molecule has 4 rings (SSSR count). The van der Waals surface area contributed by atoms with Gasteiger partial charge in [-0.15, -0.1) is 0 Å². The molecule has 0 saturated heterocycles. The Balaban J connectivity index is 1.19. The Kier molecular flexibility index (Phi) is 8.83. The van der Waals surface area contributed by atoms with E-state index in [0.717, 1.165) is 48.4 Å². The number of rotatable bonds is 11. The standard InChI is InChI=1S/C26H27Cl2N3O3S/c27-20-2-1-3-21(28)19(20)11-12-29-15-17-6-4-16(5-7-17)10-13-30-23(33)14-18-8-9-22(32)24-25(18)35-26(34)31-24/h1-9,23,29-30,32-33H,10-15H2,(H,31,34). The minimum absolute atomic E-state index is 0.0354. The van der Waals surface area contributed by atoms with E-state index in [2.05, 4.69) is 39.9 Å². The fraction of sp³-hybridized carbons (Fsp3) is 0.269. The third-order valence-corrected chi connectivity index (χ3v) is 7.48. The number of H-pyrrole nitrogens is 1. The molecule has 0 aliphatic rings. The number of aliphatic hydroxyl groups is 1. The van der Waals surface area contributed by atoms with E-state index < -0.39 is 6.23 Å². The lowest BCUT2D eigenvalue weighted by Crippen LogP contribution is -2.32. The van der Waals surface area contributed by atoms with Crippen LogP contribution in [0, 0.1) is 0 Å². The number of phenols is 1. The number of thiazole rings is 1. The van der Waals surface area contributed by atoms with Gasteiger partial charge in [-0.25, -0.2) is 0 Å². The largest absolute Gasteiger partial charge is 0.506 e. The zero-order valence-corrected chi connectivity index (χ0v) is 21.3. The molecular formula is C26H27Cl2N3O3S.